The third-order valence-electron chi connectivity index (χ3n) is 8.58. The van der Waals surface area contributed by atoms with Gasteiger partial charge in [0.25, 0.3) is 0 Å². The molecule has 2 bridgehead atoms. The maximum Gasteiger partial charge on any atom is 0.229 e. The second kappa shape index (κ2) is 8.70. The number of hydrogen-bond acceptors (Lipinski definition) is 3. The number of hydrogen-bond donors (Lipinski definition) is 0. The van der Waals surface area contributed by atoms with Gasteiger partial charge < -0.3 is 9.80 Å². The molecule has 0 aromatic heterocycles. The van der Waals surface area contributed by atoms with Gasteiger partial charge in [0.2, 0.25) is 5.91 Å². The van der Waals surface area contributed by atoms with Crippen LogP contribution in [0.1, 0.15) is 52.9 Å². The summed E-state index contributed by atoms with van der Waals surface area (Å²) >= 11 is 6.14. The Labute approximate surface area is 187 Å². The number of unbranched alkanes of at least 4 members (excludes halogenated alkanes) is 2. The highest BCUT2D eigenvalue weighted by molar-refractivity contribution is 6.30. The molecule has 1 aliphatic carbocycles. The van der Waals surface area contributed by atoms with Crippen molar-refractivity contribution in [1.29, 1.82) is 0 Å². The molecule has 1 unspecified atom stereocenters. The van der Waals surface area contributed by atoms with Gasteiger partial charge in [0.05, 0.1) is 5.41 Å². The van der Waals surface area contributed by atoms with Crippen molar-refractivity contribution >= 4 is 23.2 Å². The van der Waals surface area contributed by atoms with Crippen molar-refractivity contribution in [3.05, 3.63) is 29.3 Å². The molecule has 1 aromatic rings. The molecule has 1 saturated carbocycles. The van der Waals surface area contributed by atoms with Crippen molar-refractivity contribution in [2.45, 2.75) is 52.9 Å². The minimum atomic E-state index is -0.140. The Morgan fingerprint density at radius 2 is 1.77 bits per heavy atom. The topological polar surface area (TPSA) is 26.8 Å². The maximum absolute atomic E-state index is 13.1. The molecule has 4 nitrogen and oxygen atoms in total. The third-order valence-corrected chi connectivity index (χ3v) is 8.82. The van der Waals surface area contributed by atoms with Gasteiger partial charge in [-0.15, -0.1) is 0 Å². The first-order valence-corrected chi connectivity index (χ1v) is 12.2. The summed E-state index contributed by atoms with van der Waals surface area (Å²) in [5, 5.41) is 0.813. The fourth-order valence-electron chi connectivity index (χ4n) is 5.91. The van der Waals surface area contributed by atoms with Gasteiger partial charge in [-0.1, -0.05) is 44.9 Å². The van der Waals surface area contributed by atoms with E-state index in [1.54, 1.807) is 0 Å². The zero-order chi connectivity index (χ0) is 21.4. The number of anilines is 1. The Balaban J connectivity index is 1.15. The fraction of sp³-hybridized carbons (Fsp3) is 0.720. The monoisotopic (exact) mass is 431 g/mol. The highest BCUT2D eigenvalue weighted by Gasteiger charge is 2.60. The zero-order valence-corrected chi connectivity index (χ0v) is 19.8. The Kier molecular flexibility index (Phi) is 6.37. The minimum Gasteiger partial charge on any atom is -0.369 e. The van der Waals surface area contributed by atoms with E-state index in [-0.39, 0.29) is 10.8 Å². The van der Waals surface area contributed by atoms with Crippen LogP contribution in [-0.4, -0.2) is 61.5 Å². The first kappa shape index (κ1) is 22.0. The molecule has 166 valence electrons. The molecule has 30 heavy (non-hydrogen) atoms. The summed E-state index contributed by atoms with van der Waals surface area (Å²) in [4.78, 5) is 20.3. The summed E-state index contributed by atoms with van der Waals surface area (Å²) in [6.07, 6.45) is 5.86. The summed E-state index contributed by atoms with van der Waals surface area (Å²) in [6, 6.07) is 8.18. The second-order valence-corrected chi connectivity index (χ2v) is 10.8. The van der Waals surface area contributed by atoms with Crippen molar-refractivity contribution in [3.63, 3.8) is 0 Å². The van der Waals surface area contributed by atoms with Crippen molar-refractivity contribution in [1.82, 2.24) is 9.80 Å². The fourth-order valence-corrected chi connectivity index (χ4v) is 6.09. The van der Waals surface area contributed by atoms with Crippen molar-refractivity contribution in [2.24, 2.45) is 16.7 Å². The summed E-state index contributed by atoms with van der Waals surface area (Å²) in [5.41, 5.74) is 1.26. The average Bonchev–Trinajstić information content (AvgIpc) is 2.87. The van der Waals surface area contributed by atoms with E-state index in [0.717, 1.165) is 57.1 Å². The number of halogens is 1. The van der Waals surface area contributed by atoms with Crippen LogP contribution < -0.4 is 4.90 Å². The van der Waals surface area contributed by atoms with Crippen LogP contribution in [0.5, 0.6) is 0 Å². The number of piperazine rings is 1. The van der Waals surface area contributed by atoms with Gasteiger partial charge in [0, 0.05) is 50.0 Å². The Morgan fingerprint density at radius 1 is 1.03 bits per heavy atom. The Hall–Kier alpha value is -1.26. The molecule has 2 saturated heterocycles. The number of piperidine rings is 1. The number of rotatable bonds is 7. The number of fused-ring (bicyclic) bond motifs is 2. The van der Waals surface area contributed by atoms with E-state index in [9.17, 15) is 4.79 Å². The summed E-state index contributed by atoms with van der Waals surface area (Å²) < 4.78 is 0. The van der Waals surface area contributed by atoms with Crippen LogP contribution in [0, 0.1) is 16.7 Å². The van der Waals surface area contributed by atoms with Crippen LogP contribution >= 0.6 is 11.6 Å². The molecule has 0 spiro atoms. The number of benzene rings is 1. The van der Waals surface area contributed by atoms with Crippen LogP contribution in [-0.2, 0) is 4.79 Å². The molecule has 2 heterocycles. The van der Waals surface area contributed by atoms with Gasteiger partial charge in [0.1, 0.15) is 0 Å². The van der Waals surface area contributed by atoms with E-state index in [1.807, 2.05) is 12.1 Å². The SMILES string of the molecule is CC1(C)C2CC[C@@]1(C)C(=O)N(CCCCCN1CCN(c3cccc(Cl)c3)CC1)C2. The van der Waals surface area contributed by atoms with Crippen LogP contribution in [0.25, 0.3) is 0 Å². The predicted octanol–water partition coefficient (Wildman–Crippen LogP) is 4.92. The van der Waals surface area contributed by atoms with Gasteiger partial charge >= 0.3 is 0 Å². The molecule has 3 aliphatic rings. The summed E-state index contributed by atoms with van der Waals surface area (Å²) in [7, 11) is 0. The van der Waals surface area contributed by atoms with E-state index < -0.39 is 0 Å². The first-order chi connectivity index (χ1) is 14.3. The minimum absolute atomic E-state index is 0.140. The standard InChI is InChI=1S/C25H38ClN3O/c1-24(2)20-10-11-25(24,3)23(30)29(19-20)13-6-4-5-12-27-14-16-28(17-15-27)22-9-7-8-21(26)18-22/h7-9,18,20H,4-6,10-17,19H2,1-3H3/t20?,25-/m0/s1. The van der Waals surface area contributed by atoms with Gasteiger partial charge in [-0.25, -0.2) is 0 Å². The van der Waals surface area contributed by atoms with Gasteiger partial charge in [-0.2, -0.15) is 0 Å². The molecule has 2 atom stereocenters. The zero-order valence-electron chi connectivity index (χ0n) is 19.0. The Bertz CT molecular complexity index is 759. The lowest BCUT2D eigenvalue weighted by atomic mass is 9.62. The molecule has 3 fully saturated rings. The number of amides is 1. The van der Waals surface area contributed by atoms with Crippen molar-refractivity contribution < 1.29 is 4.79 Å². The highest BCUT2D eigenvalue weighted by atomic mass is 35.5. The lowest BCUT2D eigenvalue weighted by Gasteiger charge is -2.49. The van der Waals surface area contributed by atoms with Crippen molar-refractivity contribution in [3.8, 4) is 0 Å². The quantitative estimate of drug-likeness (QED) is 0.573. The molecule has 0 radical (unpaired) electrons. The molecule has 0 N–H and O–H groups in total. The van der Waals surface area contributed by atoms with Gasteiger partial charge in [0.15, 0.2) is 0 Å². The van der Waals surface area contributed by atoms with E-state index in [1.165, 1.54) is 31.5 Å². The predicted molar refractivity (Wildman–Crippen MR) is 125 cm³/mol. The highest BCUT2D eigenvalue weighted by Crippen LogP contribution is 2.59. The summed E-state index contributed by atoms with van der Waals surface area (Å²) in [6.45, 7) is 14.3. The second-order valence-electron chi connectivity index (χ2n) is 10.4. The normalized spacial score (nSPS) is 28.9. The number of likely N-dealkylation sites (tertiary alicyclic amines) is 1. The lowest BCUT2D eigenvalue weighted by Crippen LogP contribution is -2.56. The largest absolute Gasteiger partial charge is 0.369 e. The van der Waals surface area contributed by atoms with Gasteiger partial charge in [-0.05, 0) is 61.8 Å². The Morgan fingerprint density at radius 3 is 2.50 bits per heavy atom. The molecular formula is C25H38ClN3O. The van der Waals surface area contributed by atoms with Crippen LogP contribution in [0.4, 0.5) is 5.69 Å². The molecule has 2 aliphatic heterocycles. The lowest BCUT2D eigenvalue weighted by molar-refractivity contribution is -0.155. The number of carbonyl (C=O) groups is 1. The van der Waals surface area contributed by atoms with E-state index in [2.05, 4.69) is 47.6 Å². The molecular weight excluding hydrogens is 394 g/mol. The molecule has 5 heteroatoms. The van der Waals surface area contributed by atoms with Crippen LogP contribution in [0.2, 0.25) is 5.02 Å². The van der Waals surface area contributed by atoms with Gasteiger partial charge in [-0.3, -0.25) is 9.69 Å². The molecule has 1 amide bonds. The smallest absolute Gasteiger partial charge is 0.229 e. The number of carbonyl (C=O) groups excluding carboxylic acids is 1. The summed E-state index contributed by atoms with van der Waals surface area (Å²) in [5.74, 6) is 1.09. The maximum atomic E-state index is 13.1. The molecule has 4 rings (SSSR count). The first-order valence-electron chi connectivity index (χ1n) is 11.8. The van der Waals surface area contributed by atoms with Crippen molar-refractivity contribution in [2.75, 3.05) is 50.7 Å². The van der Waals surface area contributed by atoms with E-state index in [0.29, 0.717) is 11.8 Å². The number of nitrogens with zero attached hydrogens (tertiary/aromatic N) is 3. The van der Waals surface area contributed by atoms with Crippen LogP contribution in [0.15, 0.2) is 24.3 Å². The average molecular weight is 432 g/mol. The third kappa shape index (κ3) is 4.10. The van der Waals surface area contributed by atoms with E-state index in [4.69, 9.17) is 11.6 Å². The van der Waals surface area contributed by atoms with Crippen LogP contribution in [0.3, 0.4) is 0 Å². The van der Waals surface area contributed by atoms with E-state index >= 15 is 0 Å². The molecule has 1 aromatic carbocycles.